The van der Waals surface area contributed by atoms with Gasteiger partial charge >= 0.3 is 0 Å². The number of nitrogens with one attached hydrogen (secondary N) is 2. The summed E-state index contributed by atoms with van der Waals surface area (Å²) >= 11 is 0. The molecule has 1 heterocycles. The van der Waals surface area contributed by atoms with Crippen LogP contribution in [0.3, 0.4) is 0 Å². The van der Waals surface area contributed by atoms with Gasteiger partial charge in [0.05, 0.1) is 0 Å². The number of aromatic nitrogens is 2. The summed E-state index contributed by atoms with van der Waals surface area (Å²) in [6.45, 7) is 8.84. The van der Waals surface area contributed by atoms with Crippen LogP contribution < -0.4 is 16.6 Å². The molecule has 0 amide bonds. The number of hydrazine groups is 1. The van der Waals surface area contributed by atoms with Gasteiger partial charge in [-0.05, 0) is 6.42 Å². The lowest BCUT2D eigenvalue weighted by Crippen LogP contribution is -2.21. The molecular formula is C13H25N5OS. The largest absolute Gasteiger partial charge is 0.370 e. The third-order valence-corrected chi connectivity index (χ3v) is 4.34. The Morgan fingerprint density at radius 1 is 1.35 bits per heavy atom. The summed E-state index contributed by atoms with van der Waals surface area (Å²) in [5.41, 5.74) is 2.41. The van der Waals surface area contributed by atoms with E-state index >= 15 is 0 Å². The van der Waals surface area contributed by atoms with Crippen molar-refractivity contribution < 1.29 is 4.21 Å². The normalized spacial score (nSPS) is 14.7. The lowest BCUT2D eigenvalue weighted by atomic mass is 9.96. The number of hydrogen-bond donors (Lipinski definition) is 3. The van der Waals surface area contributed by atoms with Gasteiger partial charge in [-0.1, -0.05) is 27.7 Å². The standard InChI is InChI=1S/C13H25N5OS/c1-9(20(5)19)6-7-15-10-8-11(18-14)17-12(16-10)13(2,3)4/h8-9H,6-7,14H2,1-5H3,(H2,15,16,17,18). The molecule has 0 aliphatic rings. The Morgan fingerprint density at radius 2 is 1.95 bits per heavy atom. The fourth-order valence-corrected chi connectivity index (χ4v) is 1.97. The average molecular weight is 299 g/mol. The lowest BCUT2D eigenvalue weighted by Gasteiger charge is -2.19. The second-order valence-corrected chi connectivity index (χ2v) is 7.68. The van der Waals surface area contributed by atoms with E-state index in [4.69, 9.17) is 5.84 Å². The highest BCUT2D eigenvalue weighted by Crippen LogP contribution is 2.21. The third kappa shape index (κ3) is 5.05. The molecule has 0 saturated carbocycles. The Labute approximate surface area is 123 Å². The first-order chi connectivity index (χ1) is 9.24. The van der Waals surface area contributed by atoms with Crippen LogP contribution in [0.2, 0.25) is 0 Å². The minimum Gasteiger partial charge on any atom is -0.370 e. The Bertz CT molecular complexity index is 472. The van der Waals surface area contributed by atoms with Crippen molar-refractivity contribution in [2.24, 2.45) is 5.84 Å². The zero-order chi connectivity index (χ0) is 15.3. The van der Waals surface area contributed by atoms with Gasteiger partial charge in [-0.3, -0.25) is 4.21 Å². The highest BCUT2D eigenvalue weighted by atomic mass is 32.2. The van der Waals surface area contributed by atoms with Crippen molar-refractivity contribution >= 4 is 22.4 Å². The van der Waals surface area contributed by atoms with E-state index in [2.05, 4.69) is 41.5 Å². The number of hydrogen-bond acceptors (Lipinski definition) is 6. The van der Waals surface area contributed by atoms with Gasteiger partial charge < -0.3 is 10.7 Å². The number of nitrogens with zero attached hydrogens (tertiary/aromatic N) is 2. The molecule has 0 aromatic carbocycles. The molecule has 0 aliphatic heterocycles. The summed E-state index contributed by atoms with van der Waals surface area (Å²) in [6, 6.07) is 1.77. The van der Waals surface area contributed by atoms with Crippen LogP contribution in [-0.2, 0) is 16.2 Å². The van der Waals surface area contributed by atoms with Gasteiger partial charge in [-0.15, -0.1) is 0 Å². The minimum absolute atomic E-state index is 0.151. The van der Waals surface area contributed by atoms with Crippen molar-refractivity contribution in [2.75, 3.05) is 23.5 Å². The number of nitrogen functional groups attached to an aromatic ring is 1. The van der Waals surface area contributed by atoms with Crippen molar-refractivity contribution in [1.29, 1.82) is 0 Å². The second kappa shape index (κ2) is 6.99. The fraction of sp³-hybridized carbons (Fsp3) is 0.692. The van der Waals surface area contributed by atoms with Gasteiger partial charge in [0.1, 0.15) is 17.5 Å². The van der Waals surface area contributed by atoms with Gasteiger partial charge in [0.2, 0.25) is 0 Å². The Balaban J connectivity index is 2.77. The van der Waals surface area contributed by atoms with E-state index in [9.17, 15) is 4.21 Å². The van der Waals surface area contributed by atoms with Crippen molar-refractivity contribution in [2.45, 2.75) is 44.8 Å². The number of anilines is 2. The molecule has 0 fully saturated rings. The molecule has 1 aromatic rings. The highest BCUT2D eigenvalue weighted by Gasteiger charge is 2.19. The van der Waals surface area contributed by atoms with Crippen molar-refractivity contribution in [3.8, 4) is 0 Å². The summed E-state index contributed by atoms with van der Waals surface area (Å²) in [5, 5.41) is 3.40. The van der Waals surface area contributed by atoms with E-state index < -0.39 is 10.8 Å². The predicted octanol–water partition coefficient (Wildman–Crippen LogP) is 1.63. The van der Waals surface area contributed by atoms with E-state index in [1.54, 1.807) is 12.3 Å². The van der Waals surface area contributed by atoms with E-state index in [-0.39, 0.29) is 10.7 Å². The molecule has 1 rings (SSSR count). The van der Waals surface area contributed by atoms with Crippen LogP contribution in [0, 0.1) is 0 Å². The molecule has 6 nitrogen and oxygen atoms in total. The van der Waals surface area contributed by atoms with E-state index in [0.717, 1.165) is 18.1 Å². The topological polar surface area (TPSA) is 92.9 Å². The third-order valence-electron chi connectivity index (χ3n) is 2.97. The quantitative estimate of drug-likeness (QED) is 0.546. The molecule has 0 aliphatic carbocycles. The average Bonchev–Trinajstić information content (AvgIpc) is 2.37. The molecule has 1 aromatic heterocycles. The molecule has 7 heteroatoms. The molecular weight excluding hydrogens is 274 g/mol. The van der Waals surface area contributed by atoms with Crippen LogP contribution >= 0.6 is 0 Å². The maximum absolute atomic E-state index is 11.3. The van der Waals surface area contributed by atoms with Gasteiger partial charge in [-0.2, -0.15) is 0 Å². The zero-order valence-electron chi connectivity index (χ0n) is 12.9. The molecule has 2 unspecified atom stereocenters. The number of rotatable bonds is 6. The summed E-state index contributed by atoms with van der Waals surface area (Å²) < 4.78 is 11.3. The smallest absolute Gasteiger partial charge is 0.145 e. The summed E-state index contributed by atoms with van der Waals surface area (Å²) in [7, 11) is -0.798. The van der Waals surface area contributed by atoms with Crippen LogP contribution in [0.5, 0.6) is 0 Å². The first-order valence-electron chi connectivity index (χ1n) is 6.66. The van der Waals surface area contributed by atoms with E-state index in [0.29, 0.717) is 12.4 Å². The van der Waals surface area contributed by atoms with Crippen LogP contribution in [0.15, 0.2) is 6.07 Å². The van der Waals surface area contributed by atoms with Gasteiger partial charge in [0.15, 0.2) is 0 Å². The molecule has 114 valence electrons. The van der Waals surface area contributed by atoms with Crippen molar-refractivity contribution in [3.63, 3.8) is 0 Å². The van der Waals surface area contributed by atoms with Gasteiger partial charge in [0, 0.05) is 40.3 Å². The first kappa shape index (κ1) is 16.8. The molecule has 4 N–H and O–H groups in total. The SMILES string of the molecule is CC(CCNc1cc(NN)nc(C(C)(C)C)n1)S(C)=O. The first-order valence-corrected chi connectivity index (χ1v) is 8.28. The van der Waals surface area contributed by atoms with E-state index in [1.165, 1.54) is 0 Å². The molecule has 0 bridgehead atoms. The van der Waals surface area contributed by atoms with Crippen LogP contribution in [-0.4, -0.2) is 32.2 Å². The Kier molecular flexibility index (Phi) is 5.88. The molecule has 20 heavy (non-hydrogen) atoms. The molecule has 0 spiro atoms. The molecule has 0 radical (unpaired) electrons. The van der Waals surface area contributed by atoms with E-state index in [1.807, 2.05) is 6.92 Å². The Hall–Kier alpha value is -1.21. The second-order valence-electron chi connectivity index (χ2n) is 5.88. The lowest BCUT2D eigenvalue weighted by molar-refractivity contribution is 0.546. The van der Waals surface area contributed by atoms with Gasteiger partial charge in [-0.25, -0.2) is 15.8 Å². The van der Waals surface area contributed by atoms with Crippen LogP contribution in [0.4, 0.5) is 11.6 Å². The number of nitrogens with two attached hydrogens (primary N) is 1. The van der Waals surface area contributed by atoms with Gasteiger partial charge in [0.25, 0.3) is 0 Å². The van der Waals surface area contributed by atoms with Crippen LogP contribution in [0.1, 0.15) is 39.9 Å². The van der Waals surface area contributed by atoms with Crippen molar-refractivity contribution in [1.82, 2.24) is 9.97 Å². The Morgan fingerprint density at radius 3 is 2.45 bits per heavy atom. The minimum atomic E-state index is -0.798. The maximum atomic E-state index is 11.3. The zero-order valence-corrected chi connectivity index (χ0v) is 13.7. The maximum Gasteiger partial charge on any atom is 0.145 e. The monoisotopic (exact) mass is 299 g/mol. The summed E-state index contributed by atoms with van der Waals surface area (Å²) in [6.07, 6.45) is 2.55. The highest BCUT2D eigenvalue weighted by molar-refractivity contribution is 7.84. The molecule has 2 atom stereocenters. The molecule has 0 saturated heterocycles. The summed E-state index contributed by atoms with van der Waals surface area (Å²) in [4.78, 5) is 8.86. The fourth-order valence-electron chi connectivity index (χ4n) is 1.52. The predicted molar refractivity (Wildman–Crippen MR) is 85.2 cm³/mol. The van der Waals surface area contributed by atoms with Crippen molar-refractivity contribution in [3.05, 3.63) is 11.9 Å². The van der Waals surface area contributed by atoms with Crippen LogP contribution in [0.25, 0.3) is 0 Å². The summed E-state index contributed by atoms with van der Waals surface area (Å²) in [5.74, 6) is 7.48.